The van der Waals surface area contributed by atoms with Gasteiger partial charge in [0, 0.05) is 26.3 Å². The summed E-state index contributed by atoms with van der Waals surface area (Å²) in [5.74, 6) is -0.476. The van der Waals surface area contributed by atoms with Crippen molar-refractivity contribution in [1.82, 2.24) is 8.61 Å². The van der Waals surface area contributed by atoms with Crippen LogP contribution in [0.2, 0.25) is 0 Å². The lowest BCUT2D eigenvalue weighted by Crippen LogP contribution is -2.49. The first kappa shape index (κ1) is 23.4. The predicted octanol–water partition coefficient (Wildman–Crippen LogP) is 2.43. The van der Waals surface area contributed by atoms with Gasteiger partial charge < -0.3 is 5.32 Å². The van der Waals surface area contributed by atoms with E-state index in [1.807, 2.05) is 0 Å². The van der Waals surface area contributed by atoms with Crippen LogP contribution in [0.1, 0.15) is 24.8 Å². The molecule has 10 heteroatoms. The zero-order chi connectivity index (χ0) is 22.8. The van der Waals surface area contributed by atoms with Crippen LogP contribution in [-0.2, 0) is 24.8 Å². The molecule has 1 unspecified atom stereocenters. The highest BCUT2D eigenvalue weighted by molar-refractivity contribution is 7.89. The minimum absolute atomic E-state index is 0.0905. The van der Waals surface area contributed by atoms with E-state index in [9.17, 15) is 21.6 Å². The van der Waals surface area contributed by atoms with E-state index >= 15 is 0 Å². The summed E-state index contributed by atoms with van der Waals surface area (Å²) >= 11 is 0. The number of piperidine rings is 1. The van der Waals surface area contributed by atoms with Crippen molar-refractivity contribution < 1.29 is 21.6 Å². The van der Waals surface area contributed by atoms with Gasteiger partial charge in [-0.3, -0.25) is 4.79 Å². The summed E-state index contributed by atoms with van der Waals surface area (Å²) in [6.07, 6.45) is 1.80. The van der Waals surface area contributed by atoms with Crippen LogP contribution < -0.4 is 5.32 Å². The number of carbonyl (C=O) groups is 1. The van der Waals surface area contributed by atoms with Crippen molar-refractivity contribution in [3.63, 3.8) is 0 Å². The number of sulfonamides is 2. The highest BCUT2D eigenvalue weighted by Crippen LogP contribution is 2.27. The fourth-order valence-electron chi connectivity index (χ4n) is 3.56. The summed E-state index contributed by atoms with van der Waals surface area (Å²) in [6.45, 7) is 1.93. The highest BCUT2D eigenvalue weighted by atomic mass is 32.2. The lowest BCUT2D eigenvalue weighted by atomic mass is 10.0. The van der Waals surface area contributed by atoms with Gasteiger partial charge in [0.15, 0.2) is 0 Å². The number of anilines is 1. The summed E-state index contributed by atoms with van der Waals surface area (Å²) in [4.78, 5) is 13.3. The Labute approximate surface area is 184 Å². The van der Waals surface area contributed by atoms with Crippen LogP contribution in [-0.4, -0.2) is 58.0 Å². The third kappa shape index (κ3) is 4.82. The number of hydrogen-bond acceptors (Lipinski definition) is 5. The van der Waals surface area contributed by atoms with E-state index < -0.39 is 32.0 Å². The largest absolute Gasteiger partial charge is 0.325 e. The molecule has 31 heavy (non-hydrogen) atoms. The van der Waals surface area contributed by atoms with Gasteiger partial charge in [-0.05, 0) is 49.6 Å². The zero-order valence-electron chi connectivity index (χ0n) is 17.8. The van der Waals surface area contributed by atoms with Gasteiger partial charge >= 0.3 is 0 Å². The number of amides is 1. The number of nitrogens with zero attached hydrogens (tertiary/aromatic N) is 2. The van der Waals surface area contributed by atoms with Crippen molar-refractivity contribution in [3.8, 4) is 0 Å². The lowest BCUT2D eigenvalue weighted by molar-refractivity contribution is -0.120. The quantitative estimate of drug-likeness (QED) is 0.706. The van der Waals surface area contributed by atoms with Gasteiger partial charge in [-0.25, -0.2) is 21.1 Å². The second-order valence-corrected chi connectivity index (χ2v) is 11.7. The average molecular weight is 466 g/mol. The Morgan fingerprint density at radius 3 is 2.35 bits per heavy atom. The zero-order valence-corrected chi connectivity index (χ0v) is 19.4. The average Bonchev–Trinajstić information content (AvgIpc) is 2.75. The maximum absolute atomic E-state index is 13.1. The smallest absolute Gasteiger partial charge is 0.243 e. The van der Waals surface area contributed by atoms with Crippen LogP contribution >= 0.6 is 0 Å². The fourth-order valence-corrected chi connectivity index (χ4v) is 6.38. The summed E-state index contributed by atoms with van der Waals surface area (Å²) in [5, 5.41) is 2.72. The van der Waals surface area contributed by atoms with Crippen molar-refractivity contribution in [2.24, 2.45) is 0 Å². The summed E-state index contributed by atoms with van der Waals surface area (Å²) in [7, 11) is -4.64. The molecule has 1 N–H and O–H groups in total. The standard InChI is InChI=1S/C21H27N3O5S2/c1-16-12-13-17(15-20(16)31(28,29)23(2)3)22-21(25)19-11-7-8-14-24(19)30(26,27)18-9-5-4-6-10-18/h4-6,9-10,12-13,15,19H,7-8,11,14H2,1-3H3,(H,22,25). The van der Waals surface area contributed by atoms with Crippen LogP contribution in [0.25, 0.3) is 0 Å². The van der Waals surface area contributed by atoms with E-state index in [1.165, 1.54) is 36.6 Å². The predicted molar refractivity (Wildman–Crippen MR) is 119 cm³/mol. The molecule has 0 saturated carbocycles. The van der Waals surface area contributed by atoms with Gasteiger partial charge in [-0.1, -0.05) is 30.7 Å². The normalized spacial score (nSPS) is 18.1. The lowest BCUT2D eigenvalue weighted by Gasteiger charge is -2.33. The van der Waals surface area contributed by atoms with Crippen molar-refractivity contribution in [2.45, 2.75) is 42.0 Å². The molecule has 1 fully saturated rings. The molecular formula is C21H27N3O5S2. The van der Waals surface area contributed by atoms with Gasteiger partial charge in [0.05, 0.1) is 9.79 Å². The molecule has 3 rings (SSSR count). The van der Waals surface area contributed by atoms with Gasteiger partial charge in [0.2, 0.25) is 26.0 Å². The Morgan fingerprint density at radius 1 is 1.03 bits per heavy atom. The molecule has 1 amide bonds. The molecule has 0 bridgehead atoms. The van der Waals surface area contributed by atoms with E-state index in [1.54, 1.807) is 37.3 Å². The second kappa shape index (κ2) is 9.07. The highest BCUT2D eigenvalue weighted by Gasteiger charge is 2.37. The molecular weight excluding hydrogens is 438 g/mol. The topological polar surface area (TPSA) is 104 Å². The monoisotopic (exact) mass is 465 g/mol. The minimum atomic E-state index is -3.83. The number of rotatable bonds is 6. The van der Waals surface area contributed by atoms with Crippen molar-refractivity contribution in [2.75, 3.05) is 26.0 Å². The van der Waals surface area contributed by atoms with E-state index in [-0.39, 0.29) is 16.3 Å². The first-order valence-electron chi connectivity index (χ1n) is 9.96. The van der Waals surface area contributed by atoms with Gasteiger partial charge in [0.1, 0.15) is 6.04 Å². The number of benzene rings is 2. The fraction of sp³-hybridized carbons (Fsp3) is 0.381. The molecule has 1 aliphatic rings. The Balaban J connectivity index is 1.89. The molecule has 168 valence electrons. The third-order valence-corrected chi connectivity index (χ3v) is 9.20. The molecule has 8 nitrogen and oxygen atoms in total. The molecule has 2 aromatic rings. The van der Waals surface area contributed by atoms with E-state index in [2.05, 4.69) is 5.32 Å². The SMILES string of the molecule is Cc1ccc(NC(=O)C2CCCCN2S(=O)(=O)c2ccccc2)cc1S(=O)(=O)N(C)C. The Kier molecular flexibility index (Phi) is 6.85. The number of nitrogens with one attached hydrogen (secondary N) is 1. The second-order valence-electron chi connectivity index (χ2n) is 7.70. The van der Waals surface area contributed by atoms with Crippen LogP contribution in [0.4, 0.5) is 5.69 Å². The van der Waals surface area contributed by atoms with Crippen LogP contribution in [0.5, 0.6) is 0 Å². The van der Waals surface area contributed by atoms with Crippen molar-refractivity contribution in [3.05, 3.63) is 54.1 Å². The van der Waals surface area contributed by atoms with Crippen molar-refractivity contribution >= 4 is 31.6 Å². The maximum atomic E-state index is 13.1. The summed E-state index contributed by atoms with van der Waals surface area (Å²) in [5.41, 5.74) is 0.858. The molecule has 1 atom stereocenters. The number of hydrogen-bond donors (Lipinski definition) is 1. The Hall–Kier alpha value is -2.27. The molecule has 1 aliphatic heterocycles. The molecule has 0 aromatic heterocycles. The molecule has 2 aromatic carbocycles. The molecule has 1 saturated heterocycles. The van der Waals surface area contributed by atoms with E-state index in [4.69, 9.17) is 0 Å². The first-order chi connectivity index (χ1) is 14.5. The maximum Gasteiger partial charge on any atom is 0.243 e. The van der Waals surface area contributed by atoms with Crippen molar-refractivity contribution in [1.29, 1.82) is 0 Å². The third-order valence-electron chi connectivity index (χ3n) is 5.32. The molecule has 0 aliphatic carbocycles. The van der Waals surface area contributed by atoms with Gasteiger partial charge in [-0.2, -0.15) is 4.31 Å². The van der Waals surface area contributed by atoms with Crippen LogP contribution in [0.3, 0.4) is 0 Å². The van der Waals surface area contributed by atoms with Crippen LogP contribution in [0.15, 0.2) is 58.3 Å². The van der Waals surface area contributed by atoms with Gasteiger partial charge in [-0.15, -0.1) is 0 Å². The Bertz CT molecular complexity index is 1160. The summed E-state index contributed by atoms with van der Waals surface area (Å²) < 4.78 is 53.7. The molecule has 0 spiro atoms. The number of aryl methyl sites for hydroxylation is 1. The summed E-state index contributed by atoms with van der Waals surface area (Å²) in [6, 6.07) is 11.8. The minimum Gasteiger partial charge on any atom is -0.325 e. The first-order valence-corrected chi connectivity index (χ1v) is 12.8. The van der Waals surface area contributed by atoms with E-state index in [0.29, 0.717) is 24.1 Å². The van der Waals surface area contributed by atoms with Crippen LogP contribution in [0, 0.1) is 6.92 Å². The molecule has 0 radical (unpaired) electrons. The van der Waals surface area contributed by atoms with E-state index in [0.717, 1.165) is 10.7 Å². The molecule has 1 heterocycles. The van der Waals surface area contributed by atoms with Gasteiger partial charge in [0.25, 0.3) is 0 Å². The Morgan fingerprint density at radius 2 is 1.71 bits per heavy atom. The number of carbonyl (C=O) groups excluding carboxylic acids is 1.